The summed E-state index contributed by atoms with van der Waals surface area (Å²) in [5.41, 5.74) is 3.21. The van der Waals surface area contributed by atoms with Gasteiger partial charge in [-0.1, -0.05) is 29.8 Å². The molecule has 128 valence electrons. The second-order valence-corrected chi connectivity index (χ2v) is 7.74. The molecule has 6 heteroatoms. The first-order valence-electron chi connectivity index (χ1n) is 7.72. The summed E-state index contributed by atoms with van der Waals surface area (Å²) in [7, 11) is -1.57. The second kappa shape index (κ2) is 7.49. The van der Waals surface area contributed by atoms with E-state index in [1.165, 1.54) is 5.56 Å². The number of aryl methyl sites for hydroxylation is 1. The van der Waals surface area contributed by atoms with Crippen molar-refractivity contribution in [3.63, 3.8) is 0 Å². The summed E-state index contributed by atoms with van der Waals surface area (Å²) in [6, 6.07) is 14.5. The molecule has 2 rings (SSSR count). The molecule has 0 spiro atoms. The zero-order chi connectivity index (χ0) is 17.7. The quantitative estimate of drug-likeness (QED) is 0.874. The Morgan fingerprint density at radius 3 is 2.17 bits per heavy atom. The fourth-order valence-electron chi connectivity index (χ4n) is 2.19. The van der Waals surface area contributed by atoms with Crippen LogP contribution in [0.5, 0.6) is 0 Å². The van der Waals surface area contributed by atoms with Crippen molar-refractivity contribution < 1.29 is 13.2 Å². The maximum atomic E-state index is 12.5. The summed E-state index contributed by atoms with van der Waals surface area (Å²) in [4.78, 5) is 14.1. The number of rotatable bonds is 6. The Bertz CT molecular complexity index is 797. The van der Waals surface area contributed by atoms with Gasteiger partial charge in [0.05, 0.1) is 5.75 Å². The predicted octanol–water partition coefficient (Wildman–Crippen LogP) is 3.03. The van der Waals surface area contributed by atoms with E-state index < -0.39 is 10.0 Å². The molecular weight excluding hydrogens is 324 g/mol. The third-order valence-electron chi connectivity index (χ3n) is 3.67. The molecule has 2 aromatic rings. The van der Waals surface area contributed by atoms with Gasteiger partial charge >= 0.3 is 0 Å². The van der Waals surface area contributed by atoms with E-state index in [-0.39, 0.29) is 11.7 Å². The first kappa shape index (κ1) is 18.0. The van der Waals surface area contributed by atoms with Crippen molar-refractivity contribution in [2.24, 2.45) is 0 Å². The number of nitrogens with one attached hydrogen (secondary N) is 1. The lowest BCUT2D eigenvalue weighted by Crippen LogP contribution is -2.26. The number of benzene rings is 2. The number of carbonyl (C=O) groups excluding carboxylic acids is 1. The van der Waals surface area contributed by atoms with Crippen molar-refractivity contribution in [2.75, 3.05) is 17.5 Å². The highest BCUT2D eigenvalue weighted by molar-refractivity contribution is 7.92. The van der Waals surface area contributed by atoms with Crippen LogP contribution in [0, 0.1) is 6.92 Å². The normalized spacial score (nSPS) is 11.1. The van der Waals surface area contributed by atoms with Crippen LogP contribution in [0.25, 0.3) is 0 Å². The van der Waals surface area contributed by atoms with Crippen LogP contribution in [-0.4, -0.2) is 32.0 Å². The van der Waals surface area contributed by atoms with Gasteiger partial charge in [-0.15, -0.1) is 0 Å². The molecule has 2 aromatic carbocycles. The van der Waals surface area contributed by atoms with Gasteiger partial charge in [-0.05, 0) is 43.7 Å². The van der Waals surface area contributed by atoms with Gasteiger partial charge in [-0.2, -0.15) is 0 Å². The van der Waals surface area contributed by atoms with Crippen LogP contribution in [0.2, 0.25) is 0 Å². The maximum Gasteiger partial charge on any atom is 0.253 e. The Hall–Kier alpha value is -2.34. The summed E-state index contributed by atoms with van der Waals surface area (Å²) in [5.74, 6) is -0.104. The van der Waals surface area contributed by atoms with Gasteiger partial charge in [0.25, 0.3) is 5.91 Å². The van der Waals surface area contributed by atoms with E-state index >= 15 is 0 Å². The first-order chi connectivity index (χ1) is 11.3. The molecule has 0 heterocycles. The predicted molar refractivity (Wildman–Crippen MR) is 96.5 cm³/mol. The summed E-state index contributed by atoms with van der Waals surface area (Å²) >= 11 is 0. The average Bonchev–Trinajstić information content (AvgIpc) is 2.56. The Morgan fingerprint density at radius 2 is 1.62 bits per heavy atom. The van der Waals surface area contributed by atoms with Gasteiger partial charge in [0, 0.05) is 24.8 Å². The zero-order valence-corrected chi connectivity index (χ0v) is 14.9. The van der Waals surface area contributed by atoms with Crippen molar-refractivity contribution in [1.82, 2.24) is 4.90 Å². The zero-order valence-electron chi connectivity index (χ0n) is 14.1. The minimum absolute atomic E-state index is 0.00691. The summed E-state index contributed by atoms with van der Waals surface area (Å²) < 4.78 is 25.5. The molecule has 0 unspecified atom stereocenters. The van der Waals surface area contributed by atoms with E-state index in [0.29, 0.717) is 17.8 Å². The molecule has 0 aliphatic heterocycles. The number of hydrogen-bond acceptors (Lipinski definition) is 3. The third-order valence-corrected chi connectivity index (χ3v) is 4.98. The monoisotopic (exact) mass is 346 g/mol. The molecule has 5 nitrogen and oxygen atoms in total. The highest BCUT2D eigenvalue weighted by atomic mass is 32.2. The molecule has 0 fully saturated rings. The van der Waals surface area contributed by atoms with Crippen LogP contribution in [0.1, 0.15) is 28.4 Å². The standard InChI is InChI=1S/C18H22N2O3S/c1-4-24(22,23)19-17-11-9-16(10-12-17)18(21)20(3)13-15-7-5-14(2)6-8-15/h5-12,19H,4,13H2,1-3H3. The van der Waals surface area contributed by atoms with Crippen LogP contribution in [-0.2, 0) is 16.6 Å². The van der Waals surface area contributed by atoms with Gasteiger partial charge in [0.15, 0.2) is 0 Å². The second-order valence-electron chi connectivity index (χ2n) is 5.73. The fraction of sp³-hybridized carbons (Fsp3) is 0.278. The lowest BCUT2D eigenvalue weighted by atomic mass is 10.1. The molecule has 0 bridgehead atoms. The van der Waals surface area contributed by atoms with E-state index in [9.17, 15) is 13.2 Å². The maximum absolute atomic E-state index is 12.5. The third kappa shape index (κ3) is 4.83. The average molecular weight is 346 g/mol. The molecule has 1 N–H and O–H groups in total. The Morgan fingerprint density at radius 1 is 1.04 bits per heavy atom. The van der Waals surface area contributed by atoms with Crippen LogP contribution in [0.4, 0.5) is 5.69 Å². The fourth-order valence-corrected chi connectivity index (χ4v) is 2.83. The van der Waals surface area contributed by atoms with E-state index in [1.807, 2.05) is 31.2 Å². The van der Waals surface area contributed by atoms with Crippen LogP contribution >= 0.6 is 0 Å². The minimum atomic E-state index is -3.31. The Labute approximate surface area is 143 Å². The molecule has 24 heavy (non-hydrogen) atoms. The van der Waals surface area contributed by atoms with Gasteiger partial charge in [-0.25, -0.2) is 8.42 Å². The topological polar surface area (TPSA) is 66.5 Å². The van der Waals surface area contributed by atoms with Crippen molar-refractivity contribution in [2.45, 2.75) is 20.4 Å². The van der Waals surface area contributed by atoms with Crippen molar-refractivity contribution in [3.05, 3.63) is 65.2 Å². The molecule has 0 atom stereocenters. The lowest BCUT2D eigenvalue weighted by molar-refractivity contribution is 0.0785. The van der Waals surface area contributed by atoms with Crippen LogP contribution < -0.4 is 4.72 Å². The van der Waals surface area contributed by atoms with E-state index in [2.05, 4.69) is 4.72 Å². The summed E-state index contributed by atoms with van der Waals surface area (Å²) in [6.45, 7) is 4.11. The Kier molecular flexibility index (Phi) is 5.62. The largest absolute Gasteiger partial charge is 0.337 e. The summed E-state index contributed by atoms with van der Waals surface area (Å²) in [5, 5.41) is 0. The number of anilines is 1. The van der Waals surface area contributed by atoms with Crippen molar-refractivity contribution in [1.29, 1.82) is 0 Å². The Balaban J connectivity index is 2.05. The molecule has 0 aliphatic rings. The molecule has 1 amide bonds. The summed E-state index contributed by atoms with van der Waals surface area (Å²) in [6.07, 6.45) is 0. The van der Waals surface area contributed by atoms with Crippen molar-refractivity contribution in [3.8, 4) is 0 Å². The van der Waals surface area contributed by atoms with E-state index in [1.54, 1.807) is 43.1 Å². The molecule has 0 saturated heterocycles. The number of amides is 1. The number of hydrogen-bond donors (Lipinski definition) is 1. The van der Waals surface area contributed by atoms with Crippen molar-refractivity contribution >= 4 is 21.6 Å². The van der Waals surface area contributed by atoms with E-state index in [4.69, 9.17) is 0 Å². The van der Waals surface area contributed by atoms with Gasteiger partial charge < -0.3 is 4.90 Å². The molecule has 0 radical (unpaired) electrons. The van der Waals surface area contributed by atoms with Crippen LogP contribution in [0.15, 0.2) is 48.5 Å². The minimum Gasteiger partial charge on any atom is -0.337 e. The van der Waals surface area contributed by atoms with Gasteiger partial charge in [0.1, 0.15) is 0 Å². The molecule has 0 aromatic heterocycles. The SMILES string of the molecule is CCS(=O)(=O)Nc1ccc(C(=O)N(C)Cc2ccc(C)cc2)cc1. The van der Waals surface area contributed by atoms with Gasteiger partial charge in [-0.3, -0.25) is 9.52 Å². The highest BCUT2D eigenvalue weighted by Crippen LogP contribution is 2.14. The lowest BCUT2D eigenvalue weighted by Gasteiger charge is -2.18. The van der Waals surface area contributed by atoms with E-state index in [0.717, 1.165) is 5.56 Å². The number of nitrogens with zero attached hydrogens (tertiary/aromatic N) is 1. The first-order valence-corrected chi connectivity index (χ1v) is 9.37. The number of carbonyl (C=O) groups is 1. The smallest absolute Gasteiger partial charge is 0.253 e. The molecule has 0 saturated carbocycles. The molecular formula is C18H22N2O3S. The highest BCUT2D eigenvalue weighted by Gasteiger charge is 2.13. The molecule has 0 aliphatic carbocycles. The number of sulfonamides is 1. The van der Waals surface area contributed by atoms with Gasteiger partial charge in [0.2, 0.25) is 10.0 Å². The van der Waals surface area contributed by atoms with Crippen LogP contribution in [0.3, 0.4) is 0 Å².